The Morgan fingerprint density at radius 1 is 1.13 bits per heavy atom. The van der Waals surface area contributed by atoms with Crippen molar-refractivity contribution >= 4 is 45.0 Å². The summed E-state index contributed by atoms with van der Waals surface area (Å²) in [6, 6.07) is 13.4. The minimum Gasteiger partial charge on any atom is -0.292 e. The predicted octanol–water partition coefficient (Wildman–Crippen LogP) is 4.73. The van der Waals surface area contributed by atoms with Crippen LogP contribution in [0.2, 0.25) is 0 Å². The number of para-hydroxylation sites is 1. The Morgan fingerprint density at radius 2 is 1.90 bits per heavy atom. The Kier molecular flexibility index (Phi) is 5.93. The lowest BCUT2D eigenvalue weighted by atomic mass is 10.1. The van der Waals surface area contributed by atoms with Crippen LogP contribution in [0.1, 0.15) is 23.7 Å². The summed E-state index contributed by atoms with van der Waals surface area (Å²) >= 11 is 2.89. The highest BCUT2D eigenvalue weighted by molar-refractivity contribution is 7.98. The molecule has 0 spiro atoms. The lowest BCUT2D eigenvalue weighted by molar-refractivity contribution is -0.116. The first-order valence-corrected chi connectivity index (χ1v) is 11.6. The molecule has 158 valence electrons. The molecule has 0 bridgehead atoms. The van der Waals surface area contributed by atoms with E-state index >= 15 is 0 Å². The molecule has 0 unspecified atom stereocenters. The highest BCUT2D eigenvalue weighted by Gasteiger charge is 2.17. The minimum atomic E-state index is -0.0860. The molecule has 0 saturated heterocycles. The number of anilines is 1. The Bertz CT molecular complexity index is 1340. The highest BCUT2D eigenvalue weighted by atomic mass is 32.2. The number of benzene rings is 2. The van der Waals surface area contributed by atoms with Crippen LogP contribution < -0.4 is 10.5 Å². The summed E-state index contributed by atoms with van der Waals surface area (Å²) in [5.74, 6) is 0.478. The number of aromatic nitrogens is 3. The molecule has 0 atom stereocenters. The number of hydrogen-bond donors (Lipinski definition) is 0. The van der Waals surface area contributed by atoms with Crippen molar-refractivity contribution in [3.63, 3.8) is 0 Å². The second-order valence-electron chi connectivity index (χ2n) is 7.26. The standard InChI is InChI=1S/C23H22N4O2S2/c1-14-8-7-11-20(15(14)2)27-21(29)18-9-5-6-10-19(18)25-23(27)31-13-17-12-30-22(24-17)26(4)16(3)28/h5-12H,13H2,1-4H3. The van der Waals surface area contributed by atoms with Crippen molar-refractivity contribution in [3.8, 4) is 5.69 Å². The van der Waals surface area contributed by atoms with Crippen LogP contribution in [-0.4, -0.2) is 27.5 Å². The first-order valence-electron chi connectivity index (χ1n) is 9.76. The normalized spacial score (nSPS) is 11.1. The zero-order valence-corrected chi connectivity index (χ0v) is 19.4. The topological polar surface area (TPSA) is 68.1 Å². The molecule has 4 aromatic rings. The number of nitrogens with zero attached hydrogens (tertiary/aromatic N) is 4. The summed E-state index contributed by atoms with van der Waals surface area (Å²) in [6.07, 6.45) is 0. The van der Waals surface area contributed by atoms with E-state index in [-0.39, 0.29) is 11.5 Å². The maximum atomic E-state index is 13.4. The number of carbonyl (C=O) groups is 1. The van der Waals surface area contributed by atoms with Crippen LogP contribution in [0.3, 0.4) is 0 Å². The molecule has 1 amide bonds. The molecule has 0 fully saturated rings. The van der Waals surface area contributed by atoms with Crippen molar-refractivity contribution < 1.29 is 4.79 Å². The lowest BCUT2D eigenvalue weighted by Crippen LogP contribution is -2.23. The fourth-order valence-corrected chi connectivity index (χ4v) is 5.03. The van der Waals surface area contributed by atoms with Crippen LogP contribution in [-0.2, 0) is 10.5 Å². The third-order valence-corrected chi connectivity index (χ3v) is 7.15. The van der Waals surface area contributed by atoms with Crippen molar-refractivity contribution in [2.45, 2.75) is 31.7 Å². The summed E-state index contributed by atoms with van der Waals surface area (Å²) < 4.78 is 1.70. The molecule has 0 aliphatic rings. The predicted molar refractivity (Wildman–Crippen MR) is 128 cm³/mol. The van der Waals surface area contributed by atoms with E-state index in [1.807, 2.05) is 61.7 Å². The van der Waals surface area contributed by atoms with Gasteiger partial charge in [0.15, 0.2) is 10.3 Å². The fraction of sp³-hybridized carbons (Fsp3) is 0.217. The van der Waals surface area contributed by atoms with Gasteiger partial charge in [-0.2, -0.15) is 0 Å². The SMILES string of the molecule is CC(=O)N(C)c1nc(CSc2nc3ccccc3c(=O)n2-c2cccc(C)c2C)cs1. The molecule has 2 heterocycles. The maximum Gasteiger partial charge on any atom is 0.266 e. The smallest absolute Gasteiger partial charge is 0.266 e. The number of thiazole rings is 1. The first kappa shape index (κ1) is 21.3. The van der Waals surface area contributed by atoms with Crippen molar-refractivity contribution in [2.75, 3.05) is 11.9 Å². The zero-order chi connectivity index (χ0) is 22.1. The molecule has 31 heavy (non-hydrogen) atoms. The number of carbonyl (C=O) groups excluding carboxylic acids is 1. The largest absolute Gasteiger partial charge is 0.292 e. The molecule has 0 N–H and O–H groups in total. The third-order valence-electron chi connectivity index (χ3n) is 5.21. The average Bonchev–Trinajstić information content (AvgIpc) is 3.23. The van der Waals surface area contributed by atoms with Gasteiger partial charge >= 0.3 is 0 Å². The molecule has 6 nitrogen and oxygen atoms in total. The molecule has 8 heteroatoms. The Hall–Kier alpha value is -2.97. The average molecular weight is 451 g/mol. The third kappa shape index (κ3) is 4.13. The van der Waals surface area contributed by atoms with Gasteiger partial charge in [-0.25, -0.2) is 9.97 Å². The van der Waals surface area contributed by atoms with E-state index in [9.17, 15) is 9.59 Å². The van der Waals surface area contributed by atoms with E-state index in [1.54, 1.807) is 11.6 Å². The quantitative estimate of drug-likeness (QED) is 0.325. The zero-order valence-electron chi connectivity index (χ0n) is 17.7. The van der Waals surface area contributed by atoms with E-state index in [4.69, 9.17) is 4.98 Å². The summed E-state index contributed by atoms with van der Waals surface area (Å²) in [4.78, 5) is 35.9. The number of hydrogen-bond acceptors (Lipinski definition) is 6. The van der Waals surface area contributed by atoms with Gasteiger partial charge in [-0.15, -0.1) is 11.3 Å². The van der Waals surface area contributed by atoms with Gasteiger partial charge in [-0.3, -0.25) is 19.1 Å². The van der Waals surface area contributed by atoms with Crippen molar-refractivity contribution in [2.24, 2.45) is 0 Å². The van der Waals surface area contributed by atoms with Crippen molar-refractivity contribution in [1.29, 1.82) is 0 Å². The molecular formula is C23H22N4O2S2. The number of fused-ring (bicyclic) bond motifs is 1. The van der Waals surface area contributed by atoms with Crippen LogP contribution in [0.25, 0.3) is 16.6 Å². The number of thioether (sulfide) groups is 1. The van der Waals surface area contributed by atoms with Gasteiger partial charge in [0.2, 0.25) is 5.91 Å². The van der Waals surface area contributed by atoms with Crippen LogP contribution in [0.5, 0.6) is 0 Å². The van der Waals surface area contributed by atoms with Crippen molar-refractivity contribution in [3.05, 3.63) is 75.0 Å². The summed E-state index contributed by atoms with van der Waals surface area (Å²) in [7, 11) is 1.71. The Labute approximate surface area is 188 Å². The van der Waals surface area contributed by atoms with Crippen LogP contribution >= 0.6 is 23.1 Å². The van der Waals surface area contributed by atoms with Gasteiger partial charge in [-0.1, -0.05) is 36.0 Å². The minimum absolute atomic E-state index is 0.0616. The van der Waals surface area contributed by atoms with Crippen LogP contribution in [0, 0.1) is 13.8 Å². The van der Waals surface area contributed by atoms with E-state index in [2.05, 4.69) is 4.98 Å². The van der Waals surface area contributed by atoms with Gasteiger partial charge in [0.05, 0.1) is 22.3 Å². The van der Waals surface area contributed by atoms with Gasteiger partial charge in [0.1, 0.15) is 0 Å². The maximum absolute atomic E-state index is 13.4. The summed E-state index contributed by atoms with van der Waals surface area (Å²) in [5, 5.41) is 3.79. The van der Waals surface area contributed by atoms with Gasteiger partial charge in [0.25, 0.3) is 5.56 Å². The monoisotopic (exact) mass is 450 g/mol. The van der Waals surface area contributed by atoms with Crippen LogP contribution in [0.4, 0.5) is 5.13 Å². The molecule has 2 aromatic carbocycles. The van der Waals surface area contributed by atoms with Gasteiger partial charge < -0.3 is 0 Å². The molecule has 0 aliphatic carbocycles. The molecule has 4 rings (SSSR count). The lowest BCUT2D eigenvalue weighted by Gasteiger charge is -2.16. The van der Waals surface area contributed by atoms with Gasteiger partial charge in [-0.05, 0) is 43.2 Å². The second kappa shape index (κ2) is 8.64. The van der Waals surface area contributed by atoms with E-state index in [0.717, 1.165) is 22.5 Å². The van der Waals surface area contributed by atoms with E-state index in [0.29, 0.717) is 26.9 Å². The van der Waals surface area contributed by atoms with Gasteiger partial charge in [0, 0.05) is 25.1 Å². The molecular weight excluding hydrogens is 428 g/mol. The molecule has 0 radical (unpaired) electrons. The number of amides is 1. The van der Waals surface area contributed by atoms with E-state index in [1.165, 1.54) is 34.9 Å². The number of aryl methyl sites for hydroxylation is 1. The summed E-state index contributed by atoms with van der Waals surface area (Å²) in [6.45, 7) is 5.57. The molecule has 0 aliphatic heterocycles. The fourth-order valence-electron chi connectivity index (χ4n) is 3.19. The van der Waals surface area contributed by atoms with Crippen molar-refractivity contribution in [1.82, 2.24) is 14.5 Å². The number of rotatable bonds is 5. The summed E-state index contributed by atoms with van der Waals surface area (Å²) in [5.41, 5.74) is 4.42. The first-order chi connectivity index (χ1) is 14.9. The van der Waals surface area contributed by atoms with E-state index < -0.39 is 0 Å². The second-order valence-corrected chi connectivity index (χ2v) is 9.04. The Balaban J connectivity index is 1.77. The Morgan fingerprint density at radius 3 is 2.68 bits per heavy atom. The highest BCUT2D eigenvalue weighted by Crippen LogP contribution is 2.28. The van der Waals surface area contributed by atoms with Crippen LogP contribution in [0.15, 0.2) is 57.8 Å². The molecule has 0 saturated carbocycles. The molecule has 2 aromatic heterocycles.